The van der Waals surface area contributed by atoms with E-state index in [9.17, 15) is 9.18 Å². The van der Waals surface area contributed by atoms with Crippen molar-refractivity contribution in [1.82, 2.24) is 14.5 Å². The van der Waals surface area contributed by atoms with Crippen molar-refractivity contribution in [2.45, 2.75) is 39.7 Å². The van der Waals surface area contributed by atoms with Gasteiger partial charge in [0.15, 0.2) is 0 Å². The fraction of sp³-hybridized carbons (Fsp3) is 0.259. The van der Waals surface area contributed by atoms with Gasteiger partial charge in [0.05, 0.1) is 23.1 Å². The van der Waals surface area contributed by atoms with Crippen molar-refractivity contribution in [3.8, 4) is 5.69 Å². The number of unbranched alkanes of at least 4 members (excludes halogenated alkanes) is 2. The van der Waals surface area contributed by atoms with Gasteiger partial charge in [-0.3, -0.25) is 9.36 Å². The van der Waals surface area contributed by atoms with E-state index >= 15 is 0 Å². The second-order valence-electron chi connectivity index (χ2n) is 8.06. The summed E-state index contributed by atoms with van der Waals surface area (Å²) in [6.45, 7) is 4.67. The molecule has 32 heavy (non-hydrogen) atoms. The highest BCUT2D eigenvalue weighted by Crippen LogP contribution is 2.24. The first-order valence-corrected chi connectivity index (χ1v) is 11.2. The number of hydrogen-bond donors (Lipinski definition) is 0. The molecule has 1 heterocycles. The lowest BCUT2D eigenvalue weighted by atomic mass is 10.1. The van der Waals surface area contributed by atoms with E-state index in [0.717, 1.165) is 41.8 Å². The topological polar surface area (TPSA) is 38.1 Å². The van der Waals surface area contributed by atoms with Crippen molar-refractivity contribution in [3.63, 3.8) is 0 Å². The third-order valence-corrected chi connectivity index (χ3v) is 5.72. The molecular weight excluding hydrogens is 401 g/mol. The minimum Gasteiger partial charge on any atom is -0.331 e. The summed E-state index contributed by atoms with van der Waals surface area (Å²) in [6.07, 6.45) is 2.92. The van der Waals surface area contributed by atoms with Crippen LogP contribution in [0.5, 0.6) is 0 Å². The molecule has 3 aromatic carbocycles. The Hall–Kier alpha value is -3.47. The van der Waals surface area contributed by atoms with Crippen molar-refractivity contribution in [2.75, 3.05) is 6.54 Å². The number of nitrogens with zero attached hydrogens (tertiary/aromatic N) is 3. The fourth-order valence-electron chi connectivity index (χ4n) is 4.01. The second kappa shape index (κ2) is 9.77. The van der Waals surface area contributed by atoms with Gasteiger partial charge < -0.3 is 4.90 Å². The average Bonchev–Trinajstić information content (AvgIpc) is 3.18. The zero-order valence-corrected chi connectivity index (χ0v) is 18.6. The molecule has 0 unspecified atom stereocenters. The lowest BCUT2D eigenvalue weighted by molar-refractivity contribution is 0.0730. The number of fused-ring (bicyclic) bond motifs is 1. The lowest BCUT2D eigenvalue weighted by Gasteiger charge is -2.23. The first-order valence-electron chi connectivity index (χ1n) is 11.2. The number of imidazole rings is 1. The van der Waals surface area contributed by atoms with Crippen LogP contribution >= 0.6 is 0 Å². The number of aryl methyl sites for hydroxylation is 1. The number of carbonyl (C=O) groups is 1. The Morgan fingerprint density at radius 3 is 2.50 bits per heavy atom. The fourth-order valence-corrected chi connectivity index (χ4v) is 4.01. The van der Waals surface area contributed by atoms with E-state index < -0.39 is 5.82 Å². The number of hydrogen-bond acceptors (Lipinski definition) is 2. The predicted molar refractivity (Wildman–Crippen MR) is 126 cm³/mol. The molecule has 5 heteroatoms. The van der Waals surface area contributed by atoms with Crippen LogP contribution in [0.1, 0.15) is 47.9 Å². The molecule has 1 aromatic heterocycles. The number of aromatic nitrogens is 2. The number of halogens is 1. The molecule has 0 atom stereocenters. The Bertz CT molecular complexity index is 1220. The van der Waals surface area contributed by atoms with E-state index in [1.807, 2.05) is 54.6 Å². The summed E-state index contributed by atoms with van der Waals surface area (Å²) in [5.74, 6) is 0.0128. The van der Waals surface area contributed by atoms with Gasteiger partial charge in [0, 0.05) is 12.2 Å². The van der Waals surface area contributed by atoms with E-state index in [4.69, 9.17) is 4.98 Å². The maximum absolute atomic E-state index is 14.8. The third kappa shape index (κ3) is 4.42. The first-order chi connectivity index (χ1) is 15.6. The number of amides is 1. The molecule has 0 N–H and O–H groups in total. The number of para-hydroxylation sites is 3. The summed E-state index contributed by atoms with van der Waals surface area (Å²) < 4.78 is 16.9. The normalized spacial score (nSPS) is 11.1. The summed E-state index contributed by atoms with van der Waals surface area (Å²) in [5.41, 5.74) is 3.43. The molecule has 164 valence electrons. The van der Waals surface area contributed by atoms with Crippen LogP contribution in [0.15, 0.2) is 72.8 Å². The monoisotopic (exact) mass is 429 g/mol. The highest BCUT2D eigenvalue weighted by atomic mass is 19.1. The third-order valence-electron chi connectivity index (χ3n) is 5.72. The molecule has 4 nitrogen and oxygen atoms in total. The maximum atomic E-state index is 14.8. The van der Waals surface area contributed by atoms with Crippen molar-refractivity contribution in [1.29, 1.82) is 0 Å². The average molecular weight is 430 g/mol. The molecule has 0 saturated carbocycles. The minimum atomic E-state index is -0.449. The van der Waals surface area contributed by atoms with Gasteiger partial charge in [-0.2, -0.15) is 0 Å². The predicted octanol–water partition coefficient (Wildman–Crippen LogP) is 6.31. The minimum absolute atomic E-state index is 0.115. The van der Waals surface area contributed by atoms with Crippen molar-refractivity contribution in [3.05, 3.63) is 95.6 Å². The number of rotatable bonds is 8. The molecular formula is C27H28FN3O. The second-order valence-corrected chi connectivity index (χ2v) is 8.06. The number of carbonyl (C=O) groups excluding carboxylic acids is 1. The van der Waals surface area contributed by atoms with Crippen LogP contribution in [0, 0.1) is 12.7 Å². The quantitative estimate of drug-likeness (QED) is 0.308. The van der Waals surface area contributed by atoms with Crippen LogP contribution in [0.25, 0.3) is 16.7 Å². The lowest BCUT2D eigenvalue weighted by Crippen LogP contribution is -2.33. The van der Waals surface area contributed by atoms with E-state index in [1.165, 1.54) is 0 Å². The van der Waals surface area contributed by atoms with Gasteiger partial charge >= 0.3 is 0 Å². The van der Waals surface area contributed by atoms with Crippen LogP contribution in [0.3, 0.4) is 0 Å². The Morgan fingerprint density at radius 1 is 0.969 bits per heavy atom. The highest BCUT2D eigenvalue weighted by molar-refractivity contribution is 5.94. The van der Waals surface area contributed by atoms with Crippen LogP contribution in [0.2, 0.25) is 0 Å². The van der Waals surface area contributed by atoms with Crippen molar-refractivity contribution in [2.24, 2.45) is 0 Å². The van der Waals surface area contributed by atoms with Crippen LogP contribution in [0.4, 0.5) is 4.39 Å². The van der Waals surface area contributed by atoms with Crippen LogP contribution < -0.4 is 0 Å². The Balaban J connectivity index is 1.75. The summed E-state index contributed by atoms with van der Waals surface area (Å²) in [4.78, 5) is 20.0. The molecule has 4 aromatic rings. The molecule has 0 saturated heterocycles. The molecule has 0 bridgehead atoms. The molecule has 0 aliphatic rings. The summed E-state index contributed by atoms with van der Waals surface area (Å²) in [5, 5.41) is 0. The Morgan fingerprint density at radius 2 is 1.72 bits per heavy atom. The van der Waals surface area contributed by atoms with Gasteiger partial charge in [0.25, 0.3) is 5.91 Å². The van der Waals surface area contributed by atoms with Gasteiger partial charge in [-0.15, -0.1) is 0 Å². The molecule has 0 spiro atoms. The molecule has 1 amide bonds. The van der Waals surface area contributed by atoms with Crippen molar-refractivity contribution >= 4 is 16.9 Å². The maximum Gasteiger partial charge on any atom is 0.257 e. The largest absolute Gasteiger partial charge is 0.331 e. The SMILES string of the molecule is CCCCCN(Cc1nc2ccccc2n1-c1ccccc1)C(=O)c1cccc(C)c1F. The molecule has 0 fully saturated rings. The van der Waals surface area contributed by atoms with Gasteiger partial charge in [0.1, 0.15) is 11.6 Å². The Kier molecular flexibility index (Phi) is 6.64. The zero-order chi connectivity index (χ0) is 22.5. The summed E-state index contributed by atoms with van der Waals surface area (Å²) >= 11 is 0. The van der Waals surface area contributed by atoms with Gasteiger partial charge in [-0.05, 0) is 49.2 Å². The zero-order valence-electron chi connectivity index (χ0n) is 18.6. The first kappa shape index (κ1) is 21.8. The van der Waals surface area contributed by atoms with Gasteiger partial charge in [-0.25, -0.2) is 9.37 Å². The summed E-state index contributed by atoms with van der Waals surface area (Å²) in [6, 6.07) is 22.9. The van der Waals surface area contributed by atoms with E-state index in [2.05, 4.69) is 11.5 Å². The Labute approximate surface area is 188 Å². The van der Waals surface area contributed by atoms with Gasteiger partial charge in [-0.1, -0.05) is 62.2 Å². The van der Waals surface area contributed by atoms with Crippen molar-refractivity contribution < 1.29 is 9.18 Å². The van der Waals surface area contributed by atoms with E-state index in [0.29, 0.717) is 18.7 Å². The molecule has 0 aliphatic heterocycles. The van der Waals surface area contributed by atoms with Gasteiger partial charge in [0.2, 0.25) is 0 Å². The molecule has 0 aliphatic carbocycles. The van der Waals surface area contributed by atoms with Crippen LogP contribution in [-0.2, 0) is 6.54 Å². The van der Waals surface area contributed by atoms with Crippen LogP contribution in [-0.4, -0.2) is 26.9 Å². The number of benzene rings is 3. The smallest absolute Gasteiger partial charge is 0.257 e. The summed E-state index contributed by atoms with van der Waals surface area (Å²) in [7, 11) is 0. The van der Waals surface area contributed by atoms with E-state index in [-0.39, 0.29) is 11.5 Å². The molecule has 0 radical (unpaired) electrons. The van der Waals surface area contributed by atoms with E-state index in [1.54, 1.807) is 30.0 Å². The standard InChI is InChI=1S/C27H28FN3O/c1-3-4-10-18-30(27(32)22-15-11-12-20(2)26(22)28)19-25-29-23-16-8-9-17-24(23)31(25)21-13-6-5-7-14-21/h5-9,11-17H,3-4,10,18-19H2,1-2H3. The highest BCUT2D eigenvalue weighted by Gasteiger charge is 2.23. The molecule has 4 rings (SSSR count).